The summed E-state index contributed by atoms with van der Waals surface area (Å²) in [5.74, 6) is -12.7. The van der Waals surface area contributed by atoms with Gasteiger partial charge in [0, 0.05) is 13.1 Å². The zero-order chi connectivity index (χ0) is 20.7. The molecule has 1 heterocycles. The molecule has 0 spiro atoms. The van der Waals surface area contributed by atoms with Crippen LogP contribution in [0.5, 0.6) is 0 Å². The lowest BCUT2D eigenvalue weighted by atomic mass is 10.1. The van der Waals surface area contributed by atoms with Crippen molar-refractivity contribution in [3.8, 4) is 0 Å². The fourth-order valence-corrected chi connectivity index (χ4v) is 3.87. The lowest BCUT2D eigenvalue weighted by Gasteiger charge is -2.35. The molecule has 2 unspecified atom stereocenters. The maximum absolute atomic E-state index is 14.0. The molecule has 4 nitrogen and oxygen atoms in total. The van der Waals surface area contributed by atoms with E-state index in [1.165, 1.54) is 0 Å². The van der Waals surface area contributed by atoms with E-state index in [0.29, 0.717) is 38.3 Å². The molecule has 0 N–H and O–H groups in total. The van der Waals surface area contributed by atoms with E-state index in [1.807, 2.05) is 17.0 Å². The molecule has 2 atom stereocenters. The Balaban J connectivity index is 1.68. The zero-order valence-corrected chi connectivity index (χ0v) is 15.1. The van der Waals surface area contributed by atoms with Crippen LogP contribution in [0.3, 0.4) is 0 Å². The molecular formula is C20H16F5NO3. The van der Waals surface area contributed by atoms with Crippen molar-refractivity contribution >= 4 is 5.97 Å². The van der Waals surface area contributed by atoms with E-state index in [9.17, 15) is 26.7 Å². The number of rotatable bonds is 3. The Bertz CT molecular complexity index is 932. The lowest BCUT2D eigenvalue weighted by molar-refractivity contribution is -0.0309. The summed E-state index contributed by atoms with van der Waals surface area (Å²) in [7, 11) is 0. The predicted octanol–water partition coefficient (Wildman–Crippen LogP) is 3.54. The number of esters is 1. The van der Waals surface area contributed by atoms with Crippen LogP contribution in [0.25, 0.3) is 0 Å². The summed E-state index contributed by atoms with van der Waals surface area (Å²) in [6.07, 6.45) is -0.391. The average Bonchev–Trinajstić information content (AvgIpc) is 3.10. The molecule has 9 heteroatoms. The largest absolute Gasteiger partial charge is 0.452 e. The van der Waals surface area contributed by atoms with Crippen LogP contribution in [-0.2, 0) is 15.9 Å². The molecule has 0 bridgehead atoms. The second kappa shape index (κ2) is 7.72. The van der Waals surface area contributed by atoms with E-state index in [4.69, 9.17) is 9.47 Å². The number of carbonyl (C=O) groups excluding carboxylic acids is 1. The highest BCUT2D eigenvalue weighted by Gasteiger charge is 2.41. The van der Waals surface area contributed by atoms with Gasteiger partial charge in [0.05, 0.1) is 19.3 Å². The monoisotopic (exact) mass is 413 g/mol. The van der Waals surface area contributed by atoms with Gasteiger partial charge in [0.25, 0.3) is 0 Å². The van der Waals surface area contributed by atoms with E-state index in [-0.39, 0.29) is 6.04 Å². The number of fused-ring (bicyclic) bond motifs is 1. The number of carbonyl (C=O) groups is 1. The van der Waals surface area contributed by atoms with Crippen LogP contribution >= 0.6 is 0 Å². The predicted molar refractivity (Wildman–Crippen MR) is 90.7 cm³/mol. The minimum Gasteiger partial charge on any atom is -0.452 e. The number of ether oxygens (including phenoxy) is 2. The van der Waals surface area contributed by atoms with Gasteiger partial charge in [-0.3, -0.25) is 4.90 Å². The van der Waals surface area contributed by atoms with Crippen molar-refractivity contribution in [2.45, 2.75) is 18.6 Å². The van der Waals surface area contributed by atoms with Crippen LogP contribution in [0.1, 0.15) is 27.6 Å². The fourth-order valence-electron chi connectivity index (χ4n) is 3.87. The summed E-state index contributed by atoms with van der Waals surface area (Å²) in [5.41, 5.74) is -0.0630. The van der Waals surface area contributed by atoms with Gasteiger partial charge in [0.2, 0.25) is 5.82 Å². The molecule has 1 saturated heterocycles. The van der Waals surface area contributed by atoms with E-state index in [2.05, 4.69) is 0 Å². The van der Waals surface area contributed by atoms with E-state index in [1.54, 1.807) is 12.1 Å². The summed E-state index contributed by atoms with van der Waals surface area (Å²) in [4.78, 5) is 14.5. The van der Waals surface area contributed by atoms with Gasteiger partial charge in [-0.05, 0) is 17.5 Å². The zero-order valence-electron chi connectivity index (χ0n) is 15.1. The van der Waals surface area contributed by atoms with Gasteiger partial charge in [-0.15, -0.1) is 0 Å². The van der Waals surface area contributed by atoms with Crippen molar-refractivity contribution in [2.75, 3.05) is 26.3 Å². The summed E-state index contributed by atoms with van der Waals surface area (Å²) in [5, 5.41) is 0. The fraction of sp³-hybridized carbons (Fsp3) is 0.350. The molecule has 1 aliphatic heterocycles. The summed E-state index contributed by atoms with van der Waals surface area (Å²) >= 11 is 0. The van der Waals surface area contributed by atoms with Crippen molar-refractivity contribution in [1.29, 1.82) is 0 Å². The van der Waals surface area contributed by atoms with Crippen molar-refractivity contribution in [3.05, 3.63) is 70.0 Å². The topological polar surface area (TPSA) is 38.8 Å². The van der Waals surface area contributed by atoms with Crippen molar-refractivity contribution in [1.82, 2.24) is 4.90 Å². The highest BCUT2D eigenvalue weighted by molar-refractivity contribution is 5.90. The first-order chi connectivity index (χ1) is 13.9. The Morgan fingerprint density at radius 2 is 1.52 bits per heavy atom. The molecule has 29 heavy (non-hydrogen) atoms. The molecule has 2 aliphatic rings. The van der Waals surface area contributed by atoms with Crippen LogP contribution in [0.4, 0.5) is 22.0 Å². The van der Waals surface area contributed by atoms with Crippen molar-refractivity contribution in [3.63, 3.8) is 0 Å². The van der Waals surface area contributed by atoms with Crippen LogP contribution in [0.15, 0.2) is 24.3 Å². The number of hydrogen-bond donors (Lipinski definition) is 0. The molecule has 2 aromatic rings. The number of nitrogens with zero attached hydrogens (tertiary/aromatic N) is 1. The van der Waals surface area contributed by atoms with Crippen LogP contribution < -0.4 is 0 Å². The smallest absolute Gasteiger partial charge is 0.345 e. The van der Waals surface area contributed by atoms with Gasteiger partial charge in [-0.25, -0.2) is 26.7 Å². The molecule has 0 saturated carbocycles. The van der Waals surface area contributed by atoms with Crippen LogP contribution in [-0.4, -0.2) is 43.2 Å². The van der Waals surface area contributed by atoms with E-state index >= 15 is 0 Å². The summed E-state index contributed by atoms with van der Waals surface area (Å²) < 4.78 is 79.0. The summed E-state index contributed by atoms with van der Waals surface area (Å²) in [6.45, 7) is 2.08. The Labute approximate surface area is 162 Å². The molecule has 0 radical (unpaired) electrons. The van der Waals surface area contributed by atoms with Crippen molar-refractivity contribution < 1.29 is 36.2 Å². The van der Waals surface area contributed by atoms with Gasteiger partial charge in [0.1, 0.15) is 11.7 Å². The molecule has 2 aromatic carbocycles. The normalized spacial score (nSPS) is 21.8. The first kappa shape index (κ1) is 19.8. The van der Waals surface area contributed by atoms with E-state index < -0.39 is 46.7 Å². The lowest BCUT2D eigenvalue weighted by Crippen LogP contribution is -2.46. The van der Waals surface area contributed by atoms with Crippen molar-refractivity contribution in [2.24, 2.45) is 0 Å². The van der Waals surface area contributed by atoms with Gasteiger partial charge in [-0.2, -0.15) is 0 Å². The second-order valence-electron chi connectivity index (χ2n) is 6.89. The maximum Gasteiger partial charge on any atom is 0.345 e. The number of morpholine rings is 1. The second-order valence-corrected chi connectivity index (χ2v) is 6.89. The van der Waals surface area contributed by atoms with Crippen LogP contribution in [0.2, 0.25) is 0 Å². The van der Waals surface area contributed by atoms with Gasteiger partial charge in [-0.1, -0.05) is 24.3 Å². The molecule has 1 fully saturated rings. The number of benzene rings is 2. The molecule has 1 aliphatic carbocycles. The Morgan fingerprint density at radius 1 is 0.931 bits per heavy atom. The van der Waals surface area contributed by atoms with E-state index in [0.717, 1.165) is 5.56 Å². The Kier molecular flexibility index (Phi) is 5.26. The average molecular weight is 413 g/mol. The minimum atomic E-state index is -2.33. The SMILES string of the molecule is O=C(OC1c2ccccc2CC1N1CCOCC1)c1c(F)c(F)c(F)c(F)c1F. The standard InChI is InChI=1S/C20H16F5NO3/c21-14-13(15(22)17(24)18(25)16(14)23)20(27)29-19-11-4-2-1-3-10(11)9-12(19)26-5-7-28-8-6-26/h1-4,12,19H,5-9H2. The third kappa shape index (κ3) is 3.38. The maximum atomic E-state index is 14.0. The minimum absolute atomic E-state index is 0.332. The highest BCUT2D eigenvalue weighted by Crippen LogP contribution is 2.38. The van der Waals surface area contributed by atoms with Crippen LogP contribution in [0, 0.1) is 29.1 Å². The molecular weight excluding hydrogens is 397 g/mol. The molecule has 0 amide bonds. The highest BCUT2D eigenvalue weighted by atomic mass is 19.2. The number of halogens is 5. The molecule has 154 valence electrons. The van der Waals surface area contributed by atoms with Gasteiger partial charge < -0.3 is 9.47 Å². The first-order valence-electron chi connectivity index (χ1n) is 9.02. The first-order valence-corrected chi connectivity index (χ1v) is 9.02. The van der Waals surface area contributed by atoms with Gasteiger partial charge in [0.15, 0.2) is 23.3 Å². The third-order valence-electron chi connectivity index (χ3n) is 5.30. The molecule has 0 aromatic heterocycles. The molecule has 4 rings (SSSR count). The Hall–Kier alpha value is -2.52. The third-order valence-corrected chi connectivity index (χ3v) is 5.30. The number of hydrogen-bond acceptors (Lipinski definition) is 4. The summed E-state index contributed by atoms with van der Waals surface area (Å²) in [6, 6.07) is 6.76. The quantitative estimate of drug-likeness (QED) is 0.334. The Morgan fingerprint density at radius 3 is 2.17 bits per heavy atom. The van der Waals surface area contributed by atoms with Gasteiger partial charge >= 0.3 is 5.97 Å².